The van der Waals surface area contributed by atoms with Crippen LogP contribution in [0.3, 0.4) is 0 Å². The number of rotatable bonds is 3. The zero-order valence-corrected chi connectivity index (χ0v) is 12.4. The minimum absolute atomic E-state index is 0.0476. The van der Waals surface area contributed by atoms with E-state index >= 15 is 0 Å². The molecule has 2 unspecified atom stereocenters. The second kappa shape index (κ2) is 5.93. The van der Waals surface area contributed by atoms with Crippen molar-refractivity contribution in [2.24, 2.45) is 17.2 Å². The first-order valence-electron chi connectivity index (χ1n) is 7.24. The van der Waals surface area contributed by atoms with Crippen molar-refractivity contribution in [2.75, 3.05) is 0 Å². The van der Waals surface area contributed by atoms with Crippen molar-refractivity contribution in [2.45, 2.75) is 51.7 Å². The molecule has 1 aromatic heterocycles. The molecule has 2 atom stereocenters. The van der Waals surface area contributed by atoms with Gasteiger partial charge in [0.05, 0.1) is 11.6 Å². The third-order valence-electron chi connectivity index (χ3n) is 4.66. The summed E-state index contributed by atoms with van der Waals surface area (Å²) in [4.78, 5) is 3.87. The van der Waals surface area contributed by atoms with Crippen molar-refractivity contribution in [3.63, 3.8) is 0 Å². The van der Waals surface area contributed by atoms with Crippen LogP contribution in [0.5, 0.6) is 0 Å². The molecule has 1 fully saturated rings. The number of alkyl halides is 3. The second-order valence-electron chi connectivity index (χ2n) is 6.45. The van der Waals surface area contributed by atoms with E-state index in [1.165, 1.54) is 12.4 Å². The van der Waals surface area contributed by atoms with Crippen molar-refractivity contribution in [1.82, 2.24) is 10.4 Å². The summed E-state index contributed by atoms with van der Waals surface area (Å²) in [6, 6.07) is 0.487. The molecule has 21 heavy (non-hydrogen) atoms. The molecule has 118 valence electrons. The van der Waals surface area contributed by atoms with E-state index in [0.29, 0.717) is 0 Å². The Bertz CT molecular complexity index is 485. The lowest BCUT2D eigenvalue weighted by Crippen LogP contribution is -2.42. The maximum atomic E-state index is 13.2. The molecule has 0 aliphatic heterocycles. The lowest BCUT2D eigenvalue weighted by Gasteiger charge is -2.43. The highest BCUT2D eigenvalue weighted by Gasteiger charge is 2.42. The van der Waals surface area contributed by atoms with Gasteiger partial charge in [0.15, 0.2) is 0 Å². The van der Waals surface area contributed by atoms with Crippen LogP contribution >= 0.6 is 0 Å². The number of nitrogens with one attached hydrogen (secondary N) is 1. The van der Waals surface area contributed by atoms with Gasteiger partial charge in [-0.15, -0.1) is 0 Å². The van der Waals surface area contributed by atoms with Crippen molar-refractivity contribution in [1.29, 1.82) is 0 Å². The molecule has 0 aromatic carbocycles. The first kappa shape index (κ1) is 16.2. The first-order valence-corrected chi connectivity index (χ1v) is 7.24. The van der Waals surface area contributed by atoms with Gasteiger partial charge in [0.25, 0.3) is 0 Å². The fourth-order valence-electron chi connectivity index (χ4n) is 3.47. The molecule has 1 aliphatic carbocycles. The largest absolute Gasteiger partial charge is 0.416 e. The highest BCUT2D eigenvalue weighted by Crippen LogP contribution is 2.48. The van der Waals surface area contributed by atoms with Crippen LogP contribution in [-0.4, -0.2) is 4.98 Å². The van der Waals surface area contributed by atoms with E-state index in [1.54, 1.807) is 0 Å². The zero-order valence-electron chi connectivity index (χ0n) is 12.4. The topological polar surface area (TPSA) is 50.9 Å². The minimum Gasteiger partial charge on any atom is -0.271 e. The second-order valence-corrected chi connectivity index (χ2v) is 6.45. The van der Waals surface area contributed by atoms with E-state index in [0.717, 1.165) is 31.7 Å². The maximum absolute atomic E-state index is 13.2. The molecule has 0 spiro atoms. The van der Waals surface area contributed by atoms with Crippen LogP contribution < -0.4 is 11.3 Å². The van der Waals surface area contributed by atoms with Crippen molar-refractivity contribution in [3.05, 3.63) is 29.6 Å². The average Bonchev–Trinajstić information content (AvgIpc) is 2.40. The Morgan fingerprint density at radius 3 is 2.67 bits per heavy atom. The van der Waals surface area contributed by atoms with Crippen LogP contribution in [0.2, 0.25) is 0 Å². The van der Waals surface area contributed by atoms with Crippen molar-refractivity contribution in [3.8, 4) is 0 Å². The molecule has 1 saturated carbocycles. The number of hydrazine groups is 1. The molecule has 0 radical (unpaired) electrons. The van der Waals surface area contributed by atoms with Crippen LogP contribution in [0, 0.1) is 11.3 Å². The maximum Gasteiger partial charge on any atom is 0.416 e. The Morgan fingerprint density at radius 2 is 2.10 bits per heavy atom. The van der Waals surface area contributed by atoms with Gasteiger partial charge in [0.1, 0.15) is 0 Å². The van der Waals surface area contributed by atoms with E-state index in [9.17, 15) is 13.2 Å². The quantitative estimate of drug-likeness (QED) is 0.659. The first-order chi connectivity index (χ1) is 9.77. The van der Waals surface area contributed by atoms with Gasteiger partial charge < -0.3 is 0 Å². The van der Waals surface area contributed by atoms with Gasteiger partial charge >= 0.3 is 6.18 Å². The molecule has 0 amide bonds. The summed E-state index contributed by atoms with van der Waals surface area (Å²) in [5.41, 5.74) is 2.06. The molecule has 3 nitrogen and oxygen atoms in total. The highest BCUT2D eigenvalue weighted by atomic mass is 19.4. The summed E-state index contributed by atoms with van der Waals surface area (Å²) in [5, 5.41) is 0. The standard InChI is InChI=1S/C15H22F3N3/c1-14(2)7-4-3-5-12(14)13(21-19)10-9-20-8-6-11(10)15(16,17)18/h6,8-9,12-13,21H,3-5,7,19H2,1-2H3. The van der Waals surface area contributed by atoms with Crippen LogP contribution in [0.1, 0.15) is 56.7 Å². The van der Waals surface area contributed by atoms with Gasteiger partial charge in [-0.1, -0.05) is 26.7 Å². The summed E-state index contributed by atoms with van der Waals surface area (Å²) in [6.45, 7) is 4.20. The van der Waals surface area contributed by atoms with E-state index in [1.807, 2.05) is 0 Å². The summed E-state index contributed by atoms with van der Waals surface area (Å²) < 4.78 is 39.6. The van der Waals surface area contributed by atoms with Crippen LogP contribution in [0.25, 0.3) is 0 Å². The fourth-order valence-corrected chi connectivity index (χ4v) is 3.47. The zero-order chi connectivity index (χ0) is 15.7. The number of nitrogens with two attached hydrogens (primary N) is 1. The number of nitrogens with zero attached hydrogens (tertiary/aromatic N) is 1. The van der Waals surface area contributed by atoms with E-state index < -0.39 is 17.8 Å². The average molecular weight is 301 g/mol. The van der Waals surface area contributed by atoms with Crippen LogP contribution in [-0.2, 0) is 6.18 Å². The SMILES string of the molecule is CC1(C)CCCCC1C(NN)c1cnccc1C(F)(F)F. The molecular weight excluding hydrogens is 279 g/mol. The Kier molecular flexibility index (Phi) is 4.58. The molecule has 2 rings (SSSR count). The fraction of sp³-hybridized carbons (Fsp3) is 0.667. The van der Waals surface area contributed by atoms with Gasteiger partial charge in [-0.25, -0.2) is 0 Å². The number of hydrogen-bond donors (Lipinski definition) is 2. The van der Waals surface area contributed by atoms with Crippen molar-refractivity contribution >= 4 is 0 Å². The number of aromatic nitrogens is 1. The van der Waals surface area contributed by atoms with Crippen LogP contribution in [0.15, 0.2) is 18.5 Å². The van der Waals surface area contributed by atoms with Crippen molar-refractivity contribution < 1.29 is 13.2 Å². The summed E-state index contributed by atoms with van der Waals surface area (Å²) in [6.07, 6.45) is 2.06. The lowest BCUT2D eigenvalue weighted by molar-refractivity contribution is -0.138. The Labute approximate surface area is 123 Å². The molecule has 0 saturated heterocycles. The van der Waals surface area contributed by atoms with Gasteiger partial charge in [0.2, 0.25) is 0 Å². The smallest absolute Gasteiger partial charge is 0.271 e. The highest BCUT2D eigenvalue weighted by molar-refractivity contribution is 5.30. The van der Waals surface area contributed by atoms with Gasteiger partial charge in [-0.2, -0.15) is 13.2 Å². The predicted octanol–water partition coefficient (Wildman–Crippen LogP) is 3.82. The van der Waals surface area contributed by atoms with E-state index in [4.69, 9.17) is 5.84 Å². The van der Waals surface area contributed by atoms with E-state index in [-0.39, 0.29) is 16.9 Å². The summed E-state index contributed by atoms with van der Waals surface area (Å²) in [7, 11) is 0. The minimum atomic E-state index is -4.40. The van der Waals surface area contributed by atoms with E-state index in [2.05, 4.69) is 24.3 Å². The summed E-state index contributed by atoms with van der Waals surface area (Å²) >= 11 is 0. The normalized spacial score (nSPS) is 23.8. The Hall–Kier alpha value is -1.14. The number of halogens is 3. The Balaban J connectivity index is 2.42. The van der Waals surface area contributed by atoms with Crippen LogP contribution in [0.4, 0.5) is 13.2 Å². The van der Waals surface area contributed by atoms with Gasteiger partial charge in [-0.3, -0.25) is 16.3 Å². The predicted molar refractivity (Wildman–Crippen MR) is 75.0 cm³/mol. The lowest BCUT2D eigenvalue weighted by atomic mass is 9.64. The summed E-state index contributed by atoms with van der Waals surface area (Å²) in [5.74, 6) is 5.68. The molecular formula is C15H22F3N3. The monoisotopic (exact) mass is 301 g/mol. The van der Waals surface area contributed by atoms with Gasteiger partial charge in [-0.05, 0) is 30.2 Å². The molecule has 0 bridgehead atoms. The molecule has 1 heterocycles. The molecule has 1 aliphatic rings. The number of pyridine rings is 1. The molecule has 3 N–H and O–H groups in total. The molecule has 1 aromatic rings. The van der Waals surface area contributed by atoms with Gasteiger partial charge in [0, 0.05) is 18.0 Å². The third kappa shape index (κ3) is 3.37. The third-order valence-corrected chi connectivity index (χ3v) is 4.66. The molecule has 6 heteroatoms. The number of hydrogen-bond acceptors (Lipinski definition) is 3. The Morgan fingerprint density at radius 1 is 1.38 bits per heavy atom.